The minimum Gasteiger partial charge on any atom is -0.476 e. The van der Waals surface area contributed by atoms with E-state index in [-0.39, 0.29) is 27.5 Å². The summed E-state index contributed by atoms with van der Waals surface area (Å²) in [5.74, 6) is -1.37. The molecule has 1 saturated carbocycles. The molecule has 2 rings (SSSR count). The maximum Gasteiger partial charge on any atom is 0.357 e. The van der Waals surface area contributed by atoms with Crippen molar-refractivity contribution < 1.29 is 18.3 Å². The van der Waals surface area contributed by atoms with Crippen LogP contribution in [0.2, 0.25) is 0 Å². The van der Waals surface area contributed by atoms with E-state index in [1.54, 1.807) is 0 Å². The zero-order chi connectivity index (χ0) is 15.5. The van der Waals surface area contributed by atoms with Gasteiger partial charge in [0.05, 0.1) is 5.69 Å². The van der Waals surface area contributed by atoms with E-state index in [0.717, 1.165) is 0 Å². The number of aromatic amines is 1. The number of hydrogen-bond acceptors (Lipinski definition) is 4. The Morgan fingerprint density at radius 1 is 1.30 bits per heavy atom. The van der Waals surface area contributed by atoms with Crippen LogP contribution in [0.3, 0.4) is 0 Å². The summed E-state index contributed by atoms with van der Waals surface area (Å²) in [5, 5.41) is 15.0. The van der Waals surface area contributed by atoms with Crippen LogP contribution in [0, 0.1) is 17.8 Å². The monoisotopic (exact) mass is 301 g/mol. The third-order valence-electron chi connectivity index (χ3n) is 4.66. The standard InChI is InChI=1S/C12H19N3O4S/c1-6-8(7(9(16)17)14-13-6)20(18,19)15-10-11(2,3)12(10,4)5/h10,15H,1-5H3,(H,13,14)(H,16,17). The predicted molar refractivity (Wildman–Crippen MR) is 72.0 cm³/mol. The van der Waals surface area contributed by atoms with E-state index in [9.17, 15) is 13.2 Å². The van der Waals surface area contributed by atoms with Crippen LogP contribution in [0.15, 0.2) is 4.90 Å². The van der Waals surface area contributed by atoms with E-state index in [1.807, 2.05) is 27.7 Å². The molecule has 0 atom stereocenters. The molecule has 0 spiro atoms. The van der Waals surface area contributed by atoms with Gasteiger partial charge in [0.2, 0.25) is 10.0 Å². The first kappa shape index (κ1) is 15.0. The van der Waals surface area contributed by atoms with Crippen molar-refractivity contribution in [2.24, 2.45) is 10.8 Å². The van der Waals surface area contributed by atoms with Crippen molar-refractivity contribution in [3.63, 3.8) is 0 Å². The minimum absolute atomic E-state index is 0.179. The van der Waals surface area contributed by atoms with Gasteiger partial charge < -0.3 is 5.11 Å². The third kappa shape index (κ3) is 1.94. The number of carboxylic acids is 1. The molecule has 1 heterocycles. The first-order chi connectivity index (χ1) is 8.93. The fraction of sp³-hybridized carbons (Fsp3) is 0.667. The Labute approximate surface area is 117 Å². The van der Waals surface area contributed by atoms with Gasteiger partial charge in [-0.05, 0) is 17.8 Å². The van der Waals surface area contributed by atoms with Crippen LogP contribution in [-0.4, -0.2) is 35.7 Å². The molecular weight excluding hydrogens is 282 g/mol. The number of nitrogens with one attached hydrogen (secondary N) is 2. The number of nitrogens with zero attached hydrogens (tertiary/aromatic N) is 1. The van der Waals surface area contributed by atoms with Gasteiger partial charge in [0.25, 0.3) is 0 Å². The number of H-pyrrole nitrogens is 1. The van der Waals surface area contributed by atoms with Crippen LogP contribution >= 0.6 is 0 Å². The lowest BCUT2D eigenvalue weighted by Gasteiger charge is -2.08. The Balaban J connectivity index is 2.39. The highest BCUT2D eigenvalue weighted by molar-refractivity contribution is 7.89. The molecule has 1 fully saturated rings. The Morgan fingerprint density at radius 3 is 2.20 bits per heavy atom. The van der Waals surface area contributed by atoms with Crippen LogP contribution in [0.25, 0.3) is 0 Å². The molecule has 112 valence electrons. The van der Waals surface area contributed by atoms with E-state index >= 15 is 0 Å². The molecule has 1 aromatic rings. The van der Waals surface area contributed by atoms with E-state index in [2.05, 4.69) is 14.9 Å². The first-order valence-corrected chi connectivity index (χ1v) is 7.72. The zero-order valence-corrected chi connectivity index (χ0v) is 12.9. The average Bonchev–Trinajstić information content (AvgIpc) is 2.66. The number of rotatable bonds is 4. The molecule has 7 nitrogen and oxygen atoms in total. The van der Waals surface area contributed by atoms with Crippen molar-refractivity contribution in [2.45, 2.75) is 45.6 Å². The van der Waals surface area contributed by atoms with Gasteiger partial charge in [0.15, 0.2) is 5.69 Å². The highest BCUT2D eigenvalue weighted by atomic mass is 32.2. The quantitative estimate of drug-likeness (QED) is 0.771. The third-order valence-corrected chi connectivity index (χ3v) is 6.24. The Kier molecular flexibility index (Phi) is 3.03. The molecule has 0 aliphatic heterocycles. The van der Waals surface area contributed by atoms with Crippen molar-refractivity contribution in [3.05, 3.63) is 11.4 Å². The minimum atomic E-state index is -3.93. The van der Waals surface area contributed by atoms with Crippen LogP contribution in [0.4, 0.5) is 0 Å². The maximum atomic E-state index is 12.4. The fourth-order valence-corrected chi connectivity index (χ4v) is 4.45. The summed E-state index contributed by atoms with van der Waals surface area (Å²) in [6.45, 7) is 9.37. The number of aryl methyl sites for hydroxylation is 1. The number of carbonyl (C=O) groups is 1. The van der Waals surface area contributed by atoms with Crippen molar-refractivity contribution in [1.29, 1.82) is 0 Å². The summed E-state index contributed by atoms with van der Waals surface area (Å²) >= 11 is 0. The average molecular weight is 301 g/mol. The molecule has 1 aliphatic carbocycles. The molecule has 8 heteroatoms. The molecule has 0 radical (unpaired) electrons. The summed E-state index contributed by atoms with van der Waals surface area (Å²) in [4.78, 5) is 10.8. The lowest BCUT2D eigenvalue weighted by Crippen LogP contribution is -2.31. The van der Waals surface area contributed by atoms with Gasteiger partial charge in [-0.25, -0.2) is 17.9 Å². The van der Waals surface area contributed by atoms with E-state index in [4.69, 9.17) is 5.11 Å². The molecule has 1 aromatic heterocycles. The molecular formula is C12H19N3O4S. The van der Waals surface area contributed by atoms with Crippen LogP contribution in [0.5, 0.6) is 0 Å². The van der Waals surface area contributed by atoms with Gasteiger partial charge in [0, 0.05) is 6.04 Å². The first-order valence-electron chi connectivity index (χ1n) is 6.23. The van der Waals surface area contributed by atoms with Crippen molar-refractivity contribution in [2.75, 3.05) is 0 Å². The molecule has 0 unspecified atom stereocenters. The second-order valence-electron chi connectivity index (χ2n) is 6.33. The van der Waals surface area contributed by atoms with Crippen LogP contribution in [-0.2, 0) is 10.0 Å². The number of carboxylic acid groups (broad SMARTS) is 1. The molecule has 0 saturated heterocycles. The molecule has 1 aliphatic rings. The van der Waals surface area contributed by atoms with Crippen molar-refractivity contribution in [3.8, 4) is 0 Å². The van der Waals surface area contributed by atoms with Crippen molar-refractivity contribution in [1.82, 2.24) is 14.9 Å². The summed E-state index contributed by atoms with van der Waals surface area (Å²) in [6, 6.07) is -0.240. The van der Waals surface area contributed by atoms with E-state index < -0.39 is 21.7 Å². The highest BCUT2D eigenvalue weighted by Crippen LogP contribution is 2.63. The molecule has 0 bridgehead atoms. The lowest BCUT2D eigenvalue weighted by molar-refractivity contribution is 0.0686. The summed E-state index contributed by atoms with van der Waals surface area (Å²) in [7, 11) is -3.93. The maximum absolute atomic E-state index is 12.4. The van der Waals surface area contributed by atoms with Gasteiger partial charge in [-0.3, -0.25) is 5.10 Å². The summed E-state index contributed by atoms with van der Waals surface area (Å²) in [6.07, 6.45) is 0. The number of aromatic nitrogens is 2. The van der Waals surface area contributed by atoms with E-state index in [0.29, 0.717) is 0 Å². The van der Waals surface area contributed by atoms with Crippen LogP contribution in [0.1, 0.15) is 43.9 Å². The normalized spacial score (nSPS) is 20.9. The lowest BCUT2D eigenvalue weighted by atomic mass is 10.0. The molecule has 3 N–H and O–H groups in total. The topological polar surface area (TPSA) is 112 Å². The van der Waals surface area contributed by atoms with Gasteiger partial charge in [0.1, 0.15) is 4.90 Å². The summed E-state index contributed by atoms with van der Waals surface area (Å²) in [5.41, 5.74) is -0.625. The number of hydrogen-bond donors (Lipinski definition) is 3. The molecule has 0 aromatic carbocycles. The molecule has 0 amide bonds. The Hall–Kier alpha value is -1.41. The van der Waals surface area contributed by atoms with Crippen LogP contribution < -0.4 is 4.72 Å². The largest absolute Gasteiger partial charge is 0.476 e. The van der Waals surface area contributed by atoms with Gasteiger partial charge in [-0.1, -0.05) is 27.7 Å². The zero-order valence-electron chi connectivity index (χ0n) is 12.1. The molecule has 20 heavy (non-hydrogen) atoms. The second-order valence-corrected chi connectivity index (χ2v) is 7.98. The van der Waals surface area contributed by atoms with Gasteiger partial charge >= 0.3 is 5.97 Å². The van der Waals surface area contributed by atoms with Crippen molar-refractivity contribution >= 4 is 16.0 Å². The predicted octanol–water partition coefficient (Wildman–Crippen LogP) is 1.13. The number of aromatic carboxylic acids is 1. The highest BCUT2D eigenvalue weighted by Gasteiger charge is 2.66. The van der Waals surface area contributed by atoms with Gasteiger partial charge in [-0.2, -0.15) is 5.10 Å². The Bertz CT molecular complexity index is 659. The second kappa shape index (κ2) is 4.05. The van der Waals surface area contributed by atoms with E-state index in [1.165, 1.54) is 6.92 Å². The smallest absolute Gasteiger partial charge is 0.357 e. The SMILES string of the molecule is Cc1[nH]nc(C(=O)O)c1S(=O)(=O)NC1C(C)(C)C1(C)C. The number of sulfonamides is 1. The summed E-state index contributed by atoms with van der Waals surface area (Å²) < 4.78 is 27.5. The van der Waals surface area contributed by atoms with Gasteiger partial charge in [-0.15, -0.1) is 0 Å². The fourth-order valence-electron chi connectivity index (χ4n) is 2.60. The Morgan fingerprint density at radius 2 is 1.80 bits per heavy atom.